The number of rotatable bonds is 6. The molecule has 2 rings (SSSR count). The lowest BCUT2D eigenvalue weighted by atomic mass is 10.2. The third-order valence-corrected chi connectivity index (χ3v) is 4.73. The van der Waals surface area contributed by atoms with E-state index in [1.807, 2.05) is 49.3 Å². The molecule has 2 aromatic rings. The SMILES string of the molecule is CC(CN(c1ccccc1)c1ccccc1S(=O)(=O)O)N(C)C. The third kappa shape index (κ3) is 4.31. The Balaban J connectivity index is 2.55. The van der Waals surface area contributed by atoms with E-state index >= 15 is 0 Å². The number of nitrogens with zero attached hydrogens (tertiary/aromatic N) is 2. The summed E-state index contributed by atoms with van der Waals surface area (Å²) in [5.74, 6) is 0. The van der Waals surface area contributed by atoms with Gasteiger partial charge in [0.1, 0.15) is 4.90 Å². The van der Waals surface area contributed by atoms with Crippen molar-refractivity contribution < 1.29 is 13.0 Å². The summed E-state index contributed by atoms with van der Waals surface area (Å²) in [4.78, 5) is 3.88. The summed E-state index contributed by atoms with van der Waals surface area (Å²) in [6.07, 6.45) is 0. The lowest BCUT2D eigenvalue weighted by Crippen LogP contribution is -2.36. The molecule has 0 aromatic heterocycles. The van der Waals surface area contributed by atoms with Crippen molar-refractivity contribution in [2.75, 3.05) is 25.5 Å². The zero-order chi connectivity index (χ0) is 17.0. The van der Waals surface area contributed by atoms with Crippen LogP contribution in [0.15, 0.2) is 59.5 Å². The van der Waals surface area contributed by atoms with Gasteiger partial charge in [0.05, 0.1) is 5.69 Å². The van der Waals surface area contributed by atoms with Gasteiger partial charge in [-0.05, 0) is 45.3 Å². The molecule has 1 N–H and O–H groups in total. The van der Waals surface area contributed by atoms with Crippen LogP contribution in [0.25, 0.3) is 0 Å². The van der Waals surface area contributed by atoms with Crippen LogP contribution in [0.5, 0.6) is 0 Å². The molecule has 0 fully saturated rings. The molecule has 1 atom stereocenters. The Morgan fingerprint density at radius 1 is 1.00 bits per heavy atom. The minimum Gasteiger partial charge on any atom is -0.339 e. The van der Waals surface area contributed by atoms with Crippen LogP contribution in [0.4, 0.5) is 11.4 Å². The van der Waals surface area contributed by atoms with Crippen LogP contribution in [0.1, 0.15) is 6.92 Å². The van der Waals surface area contributed by atoms with Crippen molar-refractivity contribution in [3.8, 4) is 0 Å². The number of hydrogen-bond donors (Lipinski definition) is 1. The molecule has 23 heavy (non-hydrogen) atoms. The molecule has 0 saturated carbocycles. The van der Waals surface area contributed by atoms with Crippen molar-refractivity contribution in [2.45, 2.75) is 17.9 Å². The highest BCUT2D eigenvalue weighted by Crippen LogP contribution is 2.31. The van der Waals surface area contributed by atoms with E-state index in [4.69, 9.17) is 0 Å². The molecule has 0 aliphatic rings. The molecule has 0 saturated heterocycles. The summed E-state index contributed by atoms with van der Waals surface area (Å²) in [7, 11) is -0.348. The van der Waals surface area contributed by atoms with Gasteiger partial charge in [0.2, 0.25) is 0 Å². The fourth-order valence-corrected chi connectivity index (χ4v) is 2.97. The van der Waals surface area contributed by atoms with Gasteiger partial charge >= 0.3 is 0 Å². The highest BCUT2D eigenvalue weighted by Gasteiger charge is 2.22. The van der Waals surface area contributed by atoms with Crippen LogP contribution in [0, 0.1) is 0 Å². The van der Waals surface area contributed by atoms with E-state index < -0.39 is 10.1 Å². The molecule has 0 aliphatic carbocycles. The lowest BCUT2D eigenvalue weighted by Gasteiger charge is -2.31. The van der Waals surface area contributed by atoms with Crippen LogP contribution in [-0.4, -0.2) is 44.6 Å². The van der Waals surface area contributed by atoms with E-state index in [1.54, 1.807) is 18.2 Å². The average Bonchev–Trinajstić information content (AvgIpc) is 2.52. The molecular formula is C17H22N2O3S. The van der Waals surface area contributed by atoms with Crippen molar-refractivity contribution in [1.82, 2.24) is 4.90 Å². The standard InChI is InChI=1S/C17H22N2O3S/c1-14(18(2)3)13-19(15-9-5-4-6-10-15)16-11-7-8-12-17(16)23(20,21)22/h4-12,14H,13H2,1-3H3,(H,20,21,22). The molecule has 0 bridgehead atoms. The first kappa shape index (κ1) is 17.5. The zero-order valence-corrected chi connectivity index (χ0v) is 14.4. The number of likely N-dealkylation sites (N-methyl/N-ethyl adjacent to an activating group) is 1. The van der Waals surface area contributed by atoms with Crippen molar-refractivity contribution >= 4 is 21.5 Å². The van der Waals surface area contributed by atoms with E-state index in [9.17, 15) is 13.0 Å². The second-order valence-corrected chi connectivity index (χ2v) is 7.09. The summed E-state index contributed by atoms with van der Waals surface area (Å²) in [5.41, 5.74) is 1.34. The van der Waals surface area contributed by atoms with Crippen LogP contribution < -0.4 is 4.90 Å². The highest BCUT2D eigenvalue weighted by atomic mass is 32.2. The molecule has 0 radical (unpaired) electrons. The normalized spacial score (nSPS) is 13.1. The van der Waals surface area contributed by atoms with Gasteiger partial charge in [-0.1, -0.05) is 30.3 Å². The van der Waals surface area contributed by atoms with E-state index in [2.05, 4.69) is 11.8 Å². The summed E-state index contributed by atoms with van der Waals surface area (Å²) in [6, 6.07) is 16.2. The molecule has 124 valence electrons. The van der Waals surface area contributed by atoms with Gasteiger partial charge in [0, 0.05) is 18.3 Å². The first-order valence-electron chi connectivity index (χ1n) is 7.36. The molecule has 0 amide bonds. The van der Waals surface area contributed by atoms with E-state index in [1.165, 1.54) is 6.07 Å². The van der Waals surface area contributed by atoms with Gasteiger partial charge in [-0.3, -0.25) is 4.55 Å². The minimum absolute atomic E-state index is 0.0881. The van der Waals surface area contributed by atoms with E-state index in [0.29, 0.717) is 12.2 Å². The topological polar surface area (TPSA) is 60.9 Å². The molecule has 2 aromatic carbocycles. The summed E-state index contributed by atoms with van der Waals surface area (Å²) in [5, 5.41) is 0. The molecule has 0 heterocycles. The average molecular weight is 334 g/mol. The monoisotopic (exact) mass is 334 g/mol. The van der Waals surface area contributed by atoms with Crippen molar-refractivity contribution in [2.24, 2.45) is 0 Å². The van der Waals surface area contributed by atoms with Crippen molar-refractivity contribution in [1.29, 1.82) is 0 Å². The number of anilines is 2. The zero-order valence-electron chi connectivity index (χ0n) is 13.5. The fourth-order valence-electron chi connectivity index (χ4n) is 2.28. The first-order chi connectivity index (χ1) is 10.8. The Bertz CT molecular complexity index is 745. The Hall–Kier alpha value is -1.89. The maximum atomic E-state index is 11.7. The smallest absolute Gasteiger partial charge is 0.296 e. The number of benzene rings is 2. The lowest BCUT2D eigenvalue weighted by molar-refractivity contribution is 0.319. The molecule has 5 nitrogen and oxygen atoms in total. The Kier molecular flexibility index (Phi) is 5.41. The molecule has 0 aliphatic heterocycles. The summed E-state index contributed by atoms with van der Waals surface area (Å²) >= 11 is 0. The molecule has 1 unspecified atom stereocenters. The number of para-hydroxylation sites is 2. The van der Waals surface area contributed by atoms with E-state index in [-0.39, 0.29) is 10.9 Å². The predicted octanol–water partition coefficient (Wildman–Crippen LogP) is 3.02. The predicted molar refractivity (Wildman–Crippen MR) is 92.9 cm³/mol. The van der Waals surface area contributed by atoms with E-state index in [0.717, 1.165) is 5.69 Å². The van der Waals surface area contributed by atoms with Gasteiger partial charge in [0.15, 0.2) is 0 Å². The van der Waals surface area contributed by atoms with Gasteiger partial charge in [0.25, 0.3) is 10.1 Å². The Morgan fingerprint density at radius 2 is 1.57 bits per heavy atom. The van der Waals surface area contributed by atoms with Crippen molar-refractivity contribution in [3.05, 3.63) is 54.6 Å². The largest absolute Gasteiger partial charge is 0.339 e. The maximum Gasteiger partial charge on any atom is 0.296 e. The van der Waals surface area contributed by atoms with Crippen LogP contribution in [-0.2, 0) is 10.1 Å². The fraction of sp³-hybridized carbons (Fsp3) is 0.294. The molecule has 6 heteroatoms. The molecular weight excluding hydrogens is 312 g/mol. The van der Waals surface area contributed by atoms with Crippen LogP contribution in [0.2, 0.25) is 0 Å². The second-order valence-electron chi connectivity index (χ2n) is 5.70. The van der Waals surface area contributed by atoms with Crippen molar-refractivity contribution in [3.63, 3.8) is 0 Å². The summed E-state index contributed by atoms with van der Waals surface area (Å²) in [6.45, 7) is 2.65. The highest BCUT2D eigenvalue weighted by molar-refractivity contribution is 7.86. The maximum absolute atomic E-state index is 11.7. The van der Waals surface area contributed by atoms with Gasteiger partial charge < -0.3 is 9.80 Å². The second kappa shape index (κ2) is 7.12. The summed E-state index contributed by atoms with van der Waals surface area (Å²) < 4.78 is 33.0. The number of hydrogen-bond acceptors (Lipinski definition) is 4. The van der Waals surface area contributed by atoms with Gasteiger partial charge in [-0.15, -0.1) is 0 Å². The van der Waals surface area contributed by atoms with Crippen LogP contribution in [0.3, 0.4) is 0 Å². The molecule has 0 spiro atoms. The quantitative estimate of drug-likeness (QED) is 0.823. The Morgan fingerprint density at radius 3 is 2.13 bits per heavy atom. The first-order valence-corrected chi connectivity index (χ1v) is 8.80. The minimum atomic E-state index is -4.30. The van der Waals surface area contributed by atoms with Gasteiger partial charge in [-0.2, -0.15) is 8.42 Å². The third-order valence-electron chi connectivity index (χ3n) is 3.83. The van der Waals surface area contributed by atoms with Gasteiger partial charge in [-0.25, -0.2) is 0 Å². The van der Waals surface area contributed by atoms with Crippen LogP contribution >= 0.6 is 0 Å². The Labute approximate surface area is 137 Å².